The molecule has 0 aliphatic carbocycles. The largest absolute Gasteiger partial charge is 0.352 e. The summed E-state index contributed by atoms with van der Waals surface area (Å²) in [7, 11) is 0. The number of nitrogens with one attached hydrogen (secondary N) is 2. The van der Waals surface area contributed by atoms with Crippen LogP contribution in [0.15, 0.2) is 23.6 Å². The van der Waals surface area contributed by atoms with E-state index in [2.05, 4.69) is 20.3 Å². The number of amides is 1. The smallest absolute Gasteiger partial charge is 0.259 e. The van der Waals surface area contributed by atoms with E-state index >= 15 is 0 Å². The highest BCUT2D eigenvalue weighted by atomic mass is 32.2. The van der Waals surface area contributed by atoms with Crippen LogP contribution in [0.25, 0.3) is 11.0 Å². The van der Waals surface area contributed by atoms with E-state index in [1.54, 1.807) is 18.1 Å². The summed E-state index contributed by atoms with van der Waals surface area (Å²) in [5, 5.41) is 3.85. The molecule has 2 aromatic heterocycles. The number of hydrogen-bond acceptors (Lipinski definition) is 5. The first-order valence-corrected chi connectivity index (χ1v) is 7.87. The molecular formula is C14H17N5OS. The predicted molar refractivity (Wildman–Crippen MR) is 85.2 cm³/mol. The number of nitrogens with zero attached hydrogens (tertiary/aromatic N) is 3. The van der Waals surface area contributed by atoms with Gasteiger partial charge in [0, 0.05) is 31.2 Å². The van der Waals surface area contributed by atoms with Crippen LogP contribution in [0.2, 0.25) is 0 Å². The van der Waals surface area contributed by atoms with Gasteiger partial charge in [0.25, 0.3) is 5.91 Å². The van der Waals surface area contributed by atoms with E-state index in [1.807, 2.05) is 31.1 Å². The molecule has 0 radical (unpaired) electrons. The number of thioether (sulfide) groups is 1. The van der Waals surface area contributed by atoms with E-state index < -0.39 is 0 Å². The normalized spacial score (nSPS) is 15.1. The summed E-state index contributed by atoms with van der Waals surface area (Å²) in [4.78, 5) is 26.5. The van der Waals surface area contributed by atoms with Gasteiger partial charge in [-0.2, -0.15) is 0 Å². The fourth-order valence-corrected chi connectivity index (χ4v) is 3.26. The average molecular weight is 303 g/mol. The molecule has 21 heavy (non-hydrogen) atoms. The molecule has 0 saturated carbocycles. The molecule has 6 nitrogen and oxygen atoms in total. The van der Waals surface area contributed by atoms with Crippen molar-refractivity contribution in [3.63, 3.8) is 0 Å². The maximum Gasteiger partial charge on any atom is 0.259 e. The van der Waals surface area contributed by atoms with Crippen molar-refractivity contribution in [1.82, 2.24) is 20.3 Å². The van der Waals surface area contributed by atoms with Crippen molar-refractivity contribution in [2.75, 3.05) is 23.7 Å². The summed E-state index contributed by atoms with van der Waals surface area (Å²) in [5.41, 5.74) is 1.93. The molecule has 7 heteroatoms. The van der Waals surface area contributed by atoms with E-state index in [1.165, 1.54) is 0 Å². The first kappa shape index (κ1) is 13.9. The SMILES string of the molecule is CCNC(=O)C1=CN(c2ncnc3[nH]cc(C)c23)CCS1. The summed E-state index contributed by atoms with van der Waals surface area (Å²) in [6, 6.07) is 0. The monoisotopic (exact) mass is 303 g/mol. The van der Waals surface area contributed by atoms with Gasteiger partial charge < -0.3 is 15.2 Å². The summed E-state index contributed by atoms with van der Waals surface area (Å²) < 4.78 is 0. The molecule has 0 bridgehead atoms. The number of aryl methyl sites for hydroxylation is 1. The van der Waals surface area contributed by atoms with E-state index in [0.717, 1.165) is 39.6 Å². The van der Waals surface area contributed by atoms with Crippen molar-refractivity contribution in [2.24, 2.45) is 0 Å². The van der Waals surface area contributed by atoms with Crippen molar-refractivity contribution < 1.29 is 4.79 Å². The third kappa shape index (κ3) is 2.61. The highest BCUT2D eigenvalue weighted by molar-refractivity contribution is 8.04. The standard InChI is InChI=1S/C14H17N5OS/c1-3-15-14(20)10-7-19(4-5-21-10)13-11-9(2)6-16-12(11)17-8-18-13/h6-8H,3-5H2,1-2H3,(H,15,20)(H,16,17,18). The van der Waals surface area contributed by atoms with Crippen molar-refractivity contribution >= 4 is 34.5 Å². The van der Waals surface area contributed by atoms with Crippen LogP contribution in [0.5, 0.6) is 0 Å². The molecule has 0 atom stereocenters. The molecule has 2 N–H and O–H groups in total. The van der Waals surface area contributed by atoms with Gasteiger partial charge in [-0.1, -0.05) is 0 Å². The summed E-state index contributed by atoms with van der Waals surface area (Å²) in [5.74, 6) is 1.68. The lowest BCUT2D eigenvalue weighted by Gasteiger charge is -2.25. The fraction of sp³-hybridized carbons (Fsp3) is 0.357. The lowest BCUT2D eigenvalue weighted by atomic mass is 10.2. The predicted octanol–water partition coefficient (Wildman–Crippen LogP) is 1.80. The minimum atomic E-state index is -0.0247. The summed E-state index contributed by atoms with van der Waals surface area (Å²) >= 11 is 1.58. The van der Waals surface area contributed by atoms with Crippen molar-refractivity contribution in [1.29, 1.82) is 0 Å². The van der Waals surface area contributed by atoms with Gasteiger partial charge in [0.15, 0.2) is 0 Å². The molecule has 1 aliphatic rings. The Morgan fingerprint density at radius 2 is 2.38 bits per heavy atom. The average Bonchev–Trinajstić information content (AvgIpc) is 2.89. The number of likely N-dealkylation sites (N-methyl/N-ethyl adjacent to an activating group) is 1. The van der Waals surface area contributed by atoms with Gasteiger partial charge in [-0.3, -0.25) is 4.79 Å². The van der Waals surface area contributed by atoms with Crippen LogP contribution in [0.1, 0.15) is 12.5 Å². The van der Waals surface area contributed by atoms with Gasteiger partial charge >= 0.3 is 0 Å². The first-order chi connectivity index (χ1) is 10.2. The second kappa shape index (κ2) is 5.77. The Labute approximate surface area is 127 Å². The molecule has 0 spiro atoms. The third-order valence-electron chi connectivity index (χ3n) is 3.34. The van der Waals surface area contributed by atoms with Crippen LogP contribution in [0.3, 0.4) is 0 Å². The van der Waals surface area contributed by atoms with Gasteiger partial charge in [-0.15, -0.1) is 11.8 Å². The fourth-order valence-electron chi connectivity index (χ4n) is 2.35. The second-order valence-corrected chi connectivity index (χ2v) is 5.92. The van der Waals surface area contributed by atoms with Crippen LogP contribution < -0.4 is 10.2 Å². The number of carbonyl (C=O) groups excluding carboxylic acids is 1. The third-order valence-corrected chi connectivity index (χ3v) is 4.33. The topological polar surface area (TPSA) is 73.9 Å². The summed E-state index contributed by atoms with van der Waals surface area (Å²) in [6.07, 6.45) is 5.36. The Morgan fingerprint density at radius 3 is 3.19 bits per heavy atom. The van der Waals surface area contributed by atoms with Crippen LogP contribution in [0, 0.1) is 6.92 Å². The number of hydrogen-bond donors (Lipinski definition) is 2. The Bertz CT molecular complexity index is 708. The van der Waals surface area contributed by atoms with Crippen molar-refractivity contribution in [3.8, 4) is 0 Å². The molecule has 0 saturated heterocycles. The van der Waals surface area contributed by atoms with Gasteiger partial charge in [0.2, 0.25) is 0 Å². The number of H-pyrrole nitrogens is 1. The van der Waals surface area contributed by atoms with Crippen molar-refractivity contribution in [3.05, 3.63) is 29.2 Å². The Morgan fingerprint density at radius 1 is 1.52 bits per heavy atom. The van der Waals surface area contributed by atoms with Crippen LogP contribution in [-0.4, -0.2) is 39.7 Å². The number of aromatic amines is 1. The molecule has 1 amide bonds. The Balaban J connectivity index is 2.00. The Hall–Kier alpha value is -2.02. The second-order valence-electron chi connectivity index (χ2n) is 4.79. The van der Waals surface area contributed by atoms with Crippen LogP contribution in [0.4, 0.5) is 5.82 Å². The maximum absolute atomic E-state index is 12.0. The number of fused-ring (bicyclic) bond motifs is 1. The quantitative estimate of drug-likeness (QED) is 0.904. The molecule has 0 unspecified atom stereocenters. The zero-order valence-corrected chi connectivity index (χ0v) is 12.8. The lowest BCUT2D eigenvalue weighted by Crippen LogP contribution is -2.30. The molecule has 3 heterocycles. The molecule has 3 rings (SSSR count). The number of rotatable bonds is 3. The number of carbonyl (C=O) groups is 1. The van der Waals surface area contributed by atoms with Crippen LogP contribution in [-0.2, 0) is 4.79 Å². The first-order valence-electron chi connectivity index (χ1n) is 6.89. The molecular weight excluding hydrogens is 286 g/mol. The zero-order chi connectivity index (χ0) is 14.8. The van der Waals surface area contributed by atoms with Gasteiger partial charge in [-0.05, 0) is 19.4 Å². The van der Waals surface area contributed by atoms with E-state index in [-0.39, 0.29) is 5.91 Å². The van der Waals surface area contributed by atoms with Crippen LogP contribution >= 0.6 is 11.8 Å². The highest BCUT2D eigenvalue weighted by Crippen LogP contribution is 2.30. The van der Waals surface area contributed by atoms with Crippen molar-refractivity contribution in [2.45, 2.75) is 13.8 Å². The van der Waals surface area contributed by atoms with Gasteiger partial charge in [0.1, 0.15) is 17.8 Å². The minimum Gasteiger partial charge on any atom is -0.352 e. The molecule has 0 fully saturated rings. The molecule has 0 aromatic carbocycles. The van der Waals surface area contributed by atoms with Gasteiger partial charge in [-0.25, -0.2) is 9.97 Å². The van der Waals surface area contributed by atoms with Gasteiger partial charge in [0.05, 0.1) is 10.3 Å². The van der Waals surface area contributed by atoms with E-state index in [4.69, 9.17) is 0 Å². The Kier molecular flexibility index (Phi) is 3.83. The highest BCUT2D eigenvalue weighted by Gasteiger charge is 2.20. The minimum absolute atomic E-state index is 0.0247. The molecule has 2 aromatic rings. The number of anilines is 1. The molecule has 110 valence electrons. The van der Waals surface area contributed by atoms with E-state index in [9.17, 15) is 4.79 Å². The lowest BCUT2D eigenvalue weighted by molar-refractivity contribution is -0.116. The molecule has 1 aliphatic heterocycles. The summed E-state index contributed by atoms with van der Waals surface area (Å²) in [6.45, 7) is 5.40. The number of aromatic nitrogens is 3. The maximum atomic E-state index is 12.0. The van der Waals surface area contributed by atoms with E-state index in [0.29, 0.717) is 6.54 Å². The zero-order valence-electron chi connectivity index (χ0n) is 12.0.